The summed E-state index contributed by atoms with van der Waals surface area (Å²) in [5.74, 6) is 2.25. The van der Waals surface area contributed by atoms with E-state index in [1.807, 2.05) is 6.07 Å². The zero-order valence-electron chi connectivity index (χ0n) is 9.92. The van der Waals surface area contributed by atoms with Gasteiger partial charge in [0.15, 0.2) is 0 Å². The lowest BCUT2D eigenvalue weighted by Crippen LogP contribution is -2.53. The Kier molecular flexibility index (Phi) is 3.01. The number of nitrogens with one attached hydrogen (secondary N) is 1. The van der Waals surface area contributed by atoms with Crippen LogP contribution in [0.2, 0.25) is 0 Å². The van der Waals surface area contributed by atoms with Gasteiger partial charge in [0.1, 0.15) is 5.75 Å². The van der Waals surface area contributed by atoms with Crippen LogP contribution in [-0.4, -0.2) is 24.6 Å². The van der Waals surface area contributed by atoms with Gasteiger partial charge in [-0.15, -0.1) is 11.6 Å². The largest absolute Gasteiger partial charge is 0.493 e. The summed E-state index contributed by atoms with van der Waals surface area (Å²) in [6, 6.07) is 8.33. The molecule has 92 valence electrons. The van der Waals surface area contributed by atoms with Crippen LogP contribution in [0, 0.1) is 0 Å². The number of para-hydroxylation sites is 1. The standard InChI is InChI=1S/C14H18ClNO/c15-10-14(6-3-7-14)16-8-11-9-17-13-5-2-1-4-12(11)13/h1-2,4-5,11,16H,3,6-10H2. The number of ether oxygens (including phenoxy) is 1. The van der Waals surface area contributed by atoms with Gasteiger partial charge in [-0.25, -0.2) is 0 Å². The van der Waals surface area contributed by atoms with Crippen molar-refractivity contribution in [2.24, 2.45) is 0 Å². The van der Waals surface area contributed by atoms with Gasteiger partial charge in [0.25, 0.3) is 0 Å². The van der Waals surface area contributed by atoms with Crippen molar-refractivity contribution in [3.8, 4) is 5.75 Å². The highest BCUT2D eigenvalue weighted by molar-refractivity contribution is 6.18. The Morgan fingerprint density at radius 3 is 2.88 bits per heavy atom. The molecule has 1 fully saturated rings. The average molecular weight is 252 g/mol. The Morgan fingerprint density at radius 1 is 1.35 bits per heavy atom. The first-order chi connectivity index (χ1) is 8.33. The minimum atomic E-state index is 0.207. The molecule has 3 rings (SSSR count). The highest BCUT2D eigenvalue weighted by Gasteiger charge is 2.36. The summed E-state index contributed by atoms with van der Waals surface area (Å²) in [4.78, 5) is 0. The molecule has 2 nitrogen and oxygen atoms in total. The predicted octanol–water partition coefficient (Wildman–Crippen LogP) is 2.91. The molecule has 1 saturated carbocycles. The molecule has 3 heteroatoms. The van der Waals surface area contributed by atoms with Gasteiger partial charge < -0.3 is 10.1 Å². The molecule has 0 amide bonds. The first-order valence-corrected chi connectivity index (χ1v) is 6.89. The van der Waals surface area contributed by atoms with E-state index in [1.165, 1.54) is 24.8 Å². The third-order valence-electron chi connectivity index (χ3n) is 4.09. The van der Waals surface area contributed by atoms with Crippen molar-refractivity contribution in [2.45, 2.75) is 30.7 Å². The smallest absolute Gasteiger partial charge is 0.122 e. The van der Waals surface area contributed by atoms with E-state index < -0.39 is 0 Å². The van der Waals surface area contributed by atoms with Crippen molar-refractivity contribution in [1.29, 1.82) is 0 Å². The van der Waals surface area contributed by atoms with E-state index in [1.54, 1.807) is 0 Å². The summed E-state index contributed by atoms with van der Waals surface area (Å²) in [6.07, 6.45) is 3.73. The van der Waals surface area contributed by atoms with Crippen molar-refractivity contribution in [2.75, 3.05) is 19.0 Å². The van der Waals surface area contributed by atoms with Gasteiger partial charge in [0.05, 0.1) is 6.61 Å². The molecule has 0 bridgehead atoms. The van der Waals surface area contributed by atoms with Gasteiger partial charge in [-0.1, -0.05) is 18.2 Å². The quantitative estimate of drug-likeness (QED) is 0.831. The zero-order chi connectivity index (χ0) is 11.7. The molecule has 1 unspecified atom stereocenters. The number of hydrogen-bond acceptors (Lipinski definition) is 2. The summed E-state index contributed by atoms with van der Waals surface area (Å²) in [5.41, 5.74) is 1.54. The molecule has 1 atom stereocenters. The number of rotatable bonds is 4. The second-order valence-corrected chi connectivity index (χ2v) is 5.46. The molecule has 0 saturated heterocycles. The fourth-order valence-electron chi connectivity index (χ4n) is 2.70. The van der Waals surface area contributed by atoms with Gasteiger partial charge in [0.2, 0.25) is 0 Å². The number of benzene rings is 1. The normalized spacial score (nSPS) is 24.9. The zero-order valence-corrected chi connectivity index (χ0v) is 10.7. The van der Waals surface area contributed by atoms with Gasteiger partial charge in [-0.2, -0.15) is 0 Å². The third-order valence-corrected chi connectivity index (χ3v) is 4.60. The Balaban J connectivity index is 1.64. The van der Waals surface area contributed by atoms with E-state index in [4.69, 9.17) is 16.3 Å². The van der Waals surface area contributed by atoms with Crippen LogP contribution in [0.5, 0.6) is 5.75 Å². The first kappa shape index (κ1) is 11.4. The lowest BCUT2D eigenvalue weighted by Gasteiger charge is -2.42. The Morgan fingerprint density at radius 2 is 2.18 bits per heavy atom. The van der Waals surface area contributed by atoms with Crippen molar-refractivity contribution in [3.63, 3.8) is 0 Å². The molecule has 0 radical (unpaired) electrons. The lowest BCUT2D eigenvalue weighted by molar-refractivity contribution is 0.204. The molecular formula is C14H18ClNO. The maximum atomic E-state index is 6.05. The monoisotopic (exact) mass is 251 g/mol. The van der Waals surface area contributed by atoms with Crippen LogP contribution in [0.15, 0.2) is 24.3 Å². The predicted molar refractivity (Wildman–Crippen MR) is 70.0 cm³/mol. The van der Waals surface area contributed by atoms with Gasteiger partial charge in [-0.05, 0) is 25.3 Å². The summed E-state index contributed by atoms with van der Waals surface area (Å²) in [6.45, 7) is 1.77. The van der Waals surface area contributed by atoms with Crippen LogP contribution in [0.25, 0.3) is 0 Å². The molecule has 1 aromatic carbocycles. The maximum Gasteiger partial charge on any atom is 0.122 e. The number of fused-ring (bicyclic) bond motifs is 1. The van der Waals surface area contributed by atoms with Crippen molar-refractivity contribution in [1.82, 2.24) is 5.32 Å². The van der Waals surface area contributed by atoms with E-state index >= 15 is 0 Å². The topological polar surface area (TPSA) is 21.3 Å². The van der Waals surface area contributed by atoms with Crippen LogP contribution in [0.1, 0.15) is 30.7 Å². The molecule has 0 spiro atoms. The fraction of sp³-hybridized carbons (Fsp3) is 0.571. The van der Waals surface area contributed by atoms with Gasteiger partial charge in [0, 0.05) is 29.4 Å². The Labute approximate surface area is 107 Å². The highest BCUT2D eigenvalue weighted by Crippen LogP contribution is 2.36. The number of alkyl halides is 1. The maximum absolute atomic E-state index is 6.05. The molecule has 1 aromatic rings. The Bertz CT molecular complexity index is 397. The summed E-state index contributed by atoms with van der Waals surface area (Å²) >= 11 is 6.05. The number of halogens is 1. The van der Waals surface area contributed by atoms with Crippen LogP contribution in [-0.2, 0) is 0 Å². The summed E-state index contributed by atoms with van der Waals surface area (Å²) in [7, 11) is 0. The number of hydrogen-bond donors (Lipinski definition) is 1. The summed E-state index contributed by atoms with van der Waals surface area (Å²) < 4.78 is 5.69. The van der Waals surface area contributed by atoms with Crippen LogP contribution in [0.4, 0.5) is 0 Å². The lowest BCUT2D eigenvalue weighted by atomic mass is 9.78. The third kappa shape index (κ3) is 2.04. The van der Waals surface area contributed by atoms with E-state index in [0.717, 1.165) is 24.8 Å². The fourth-order valence-corrected chi connectivity index (χ4v) is 3.06. The molecule has 1 aliphatic carbocycles. The molecular weight excluding hydrogens is 234 g/mol. The molecule has 2 aliphatic rings. The van der Waals surface area contributed by atoms with Crippen molar-refractivity contribution < 1.29 is 4.74 Å². The first-order valence-electron chi connectivity index (χ1n) is 6.36. The SMILES string of the molecule is ClCC1(NCC2COc3ccccc32)CCC1. The van der Waals surface area contributed by atoms with E-state index in [2.05, 4.69) is 23.5 Å². The van der Waals surface area contributed by atoms with Crippen LogP contribution >= 0.6 is 11.6 Å². The van der Waals surface area contributed by atoms with Crippen LogP contribution < -0.4 is 10.1 Å². The van der Waals surface area contributed by atoms with Gasteiger partial charge in [-0.3, -0.25) is 0 Å². The van der Waals surface area contributed by atoms with Crippen LogP contribution in [0.3, 0.4) is 0 Å². The Hall–Kier alpha value is -0.730. The molecule has 0 aromatic heterocycles. The van der Waals surface area contributed by atoms with Gasteiger partial charge >= 0.3 is 0 Å². The molecule has 1 aliphatic heterocycles. The average Bonchev–Trinajstić information content (AvgIpc) is 2.72. The highest BCUT2D eigenvalue weighted by atomic mass is 35.5. The van der Waals surface area contributed by atoms with E-state index in [9.17, 15) is 0 Å². The second-order valence-electron chi connectivity index (χ2n) is 5.19. The van der Waals surface area contributed by atoms with Crippen molar-refractivity contribution in [3.05, 3.63) is 29.8 Å². The minimum Gasteiger partial charge on any atom is -0.493 e. The van der Waals surface area contributed by atoms with E-state index in [0.29, 0.717) is 5.92 Å². The molecule has 1 N–H and O–H groups in total. The second kappa shape index (κ2) is 4.51. The molecule has 1 heterocycles. The molecule has 17 heavy (non-hydrogen) atoms. The van der Waals surface area contributed by atoms with E-state index in [-0.39, 0.29) is 5.54 Å². The van der Waals surface area contributed by atoms with Crippen molar-refractivity contribution >= 4 is 11.6 Å². The minimum absolute atomic E-state index is 0.207. The summed E-state index contributed by atoms with van der Waals surface area (Å²) in [5, 5.41) is 3.65.